The number of imidazole rings is 1. The van der Waals surface area contributed by atoms with Crippen LogP contribution < -0.4 is 4.90 Å². The summed E-state index contributed by atoms with van der Waals surface area (Å²) in [6.45, 7) is 2.92. The van der Waals surface area contributed by atoms with Crippen molar-refractivity contribution >= 4 is 22.5 Å². The second-order valence-electron chi connectivity index (χ2n) is 8.76. The van der Waals surface area contributed by atoms with Gasteiger partial charge in [-0.2, -0.15) is 5.26 Å². The van der Waals surface area contributed by atoms with Crippen molar-refractivity contribution < 1.29 is 4.39 Å². The number of hydrogen-bond donors (Lipinski definition) is 0. The Hall–Kier alpha value is -3.43. The molecule has 0 bridgehead atoms. The number of rotatable bonds is 4. The Kier molecular flexibility index (Phi) is 5.07. The molecule has 4 aromatic rings. The highest BCUT2D eigenvalue weighted by atomic mass is 19.1. The normalized spacial score (nSPS) is 16.4. The van der Waals surface area contributed by atoms with Crippen LogP contribution in [-0.2, 0) is 6.42 Å². The molecule has 2 aromatic carbocycles. The Labute approximate surface area is 187 Å². The van der Waals surface area contributed by atoms with E-state index in [9.17, 15) is 9.65 Å². The molecule has 0 amide bonds. The fraction of sp³-hybridized carbons (Fsp3) is 0.308. The van der Waals surface area contributed by atoms with Crippen molar-refractivity contribution in [1.82, 2.24) is 14.3 Å². The van der Waals surface area contributed by atoms with Crippen molar-refractivity contribution in [3.05, 3.63) is 76.6 Å². The van der Waals surface area contributed by atoms with Gasteiger partial charge in [-0.05, 0) is 69.3 Å². The van der Waals surface area contributed by atoms with Crippen LogP contribution in [-0.4, -0.2) is 41.1 Å². The quantitative estimate of drug-likeness (QED) is 0.466. The third kappa shape index (κ3) is 3.21. The molecule has 162 valence electrons. The fourth-order valence-electron chi connectivity index (χ4n) is 5.06. The molecule has 1 fully saturated rings. The van der Waals surface area contributed by atoms with Gasteiger partial charge >= 0.3 is 0 Å². The molecular weight excluding hydrogens is 401 g/mol. The van der Waals surface area contributed by atoms with Crippen molar-refractivity contribution in [1.29, 1.82) is 5.26 Å². The maximum absolute atomic E-state index is 14.0. The predicted octanol–water partition coefficient (Wildman–Crippen LogP) is 4.89. The van der Waals surface area contributed by atoms with E-state index in [1.165, 1.54) is 6.07 Å². The molecule has 1 atom stereocenters. The molecule has 1 unspecified atom stereocenters. The Balaban J connectivity index is 1.87. The molecule has 6 heteroatoms. The minimum atomic E-state index is -0.247. The van der Waals surface area contributed by atoms with E-state index in [4.69, 9.17) is 4.98 Å². The van der Waals surface area contributed by atoms with Gasteiger partial charge in [0.15, 0.2) is 5.65 Å². The number of anilines is 1. The van der Waals surface area contributed by atoms with Gasteiger partial charge in [-0.25, -0.2) is 9.37 Å². The summed E-state index contributed by atoms with van der Waals surface area (Å²) in [7, 11) is 4.21. The average molecular weight is 428 g/mol. The van der Waals surface area contributed by atoms with Gasteiger partial charge in [-0.3, -0.25) is 9.30 Å². The van der Waals surface area contributed by atoms with Gasteiger partial charge in [-0.15, -0.1) is 0 Å². The average Bonchev–Trinajstić information content (AvgIpc) is 3.40. The van der Waals surface area contributed by atoms with Gasteiger partial charge in [0, 0.05) is 18.5 Å². The molecule has 5 nitrogen and oxygen atoms in total. The first kappa shape index (κ1) is 20.5. The fourth-order valence-corrected chi connectivity index (χ4v) is 5.06. The zero-order valence-corrected chi connectivity index (χ0v) is 18.6. The largest absolute Gasteiger partial charge is 0.342 e. The minimum absolute atomic E-state index is 0.247. The first-order chi connectivity index (χ1) is 15.5. The first-order valence-electron chi connectivity index (χ1n) is 11.0. The number of pyridine rings is 1. The van der Waals surface area contributed by atoms with Crippen molar-refractivity contribution in [2.45, 2.75) is 32.4 Å². The van der Waals surface area contributed by atoms with Crippen LogP contribution in [0.15, 0.2) is 48.5 Å². The molecule has 0 saturated carbocycles. The number of nitrogens with zero attached hydrogens (tertiary/aromatic N) is 5. The minimum Gasteiger partial charge on any atom is -0.342 e. The maximum atomic E-state index is 14.0. The zero-order chi connectivity index (χ0) is 22.4. The van der Waals surface area contributed by atoms with Gasteiger partial charge in [0.2, 0.25) is 0 Å². The molecule has 32 heavy (non-hydrogen) atoms. The number of benzene rings is 2. The summed E-state index contributed by atoms with van der Waals surface area (Å²) < 4.78 is 16.2. The first-order valence-corrected chi connectivity index (χ1v) is 11.0. The van der Waals surface area contributed by atoms with Crippen LogP contribution in [0.5, 0.6) is 0 Å². The summed E-state index contributed by atoms with van der Waals surface area (Å²) in [5.74, 6) is 0.814. The van der Waals surface area contributed by atoms with Crippen molar-refractivity contribution in [3.8, 4) is 6.07 Å². The van der Waals surface area contributed by atoms with Crippen molar-refractivity contribution in [2.24, 2.45) is 0 Å². The van der Waals surface area contributed by atoms with E-state index in [-0.39, 0.29) is 12.0 Å². The van der Waals surface area contributed by atoms with E-state index in [0.717, 1.165) is 52.9 Å². The van der Waals surface area contributed by atoms with Gasteiger partial charge in [0.1, 0.15) is 17.7 Å². The summed E-state index contributed by atoms with van der Waals surface area (Å²) in [5.41, 5.74) is 5.98. The summed E-state index contributed by atoms with van der Waals surface area (Å²) in [5, 5.41) is 10.1. The van der Waals surface area contributed by atoms with E-state index in [2.05, 4.69) is 40.4 Å². The number of halogens is 1. The van der Waals surface area contributed by atoms with Gasteiger partial charge < -0.3 is 4.90 Å². The van der Waals surface area contributed by atoms with Crippen LogP contribution in [0.2, 0.25) is 0 Å². The second kappa shape index (κ2) is 7.92. The van der Waals surface area contributed by atoms with Crippen LogP contribution in [0, 0.1) is 24.1 Å². The van der Waals surface area contributed by atoms with Crippen molar-refractivity contribution in [2.75, 3.05) is 25.5 Å². The summed E-state index contributed by atoms with van der Waals surface area (Å²) >= 11 is 0. The van der Waals surface area contributed by atoms with E-state index in [1.54, 1.807) is 12.1 Å². The molecule has 0 N–H and O–H groups in total. The number of nitriles is 1. The monoisotopic (exact) mass is 427 g/mol. The lowest BCUT2D eigenvalue weighted by atomic mass is 9.97. The highest BCUT2D eigenvalue weighted by Gasteiger charge is 2.32. The molecule has 0 aliphatic carbocycles. The number of para-hydroxylation sites is 2. The molecule has 2 aromatic heterocycles. The maximum Gasteiger partial charge on any atom is 0.157 e. The van der Waals surface area contributed by atoms with E-state index < -0.39 is 0 Å². The van der Waals surface area contributed by atoms with Crippen molar-refractivity contribution in [3.63, 3.8) is 0 Å². The zero-order valence-electron chi connectivity index (χ0n) is 18.6. The molecule has 1 aliphatic rings. The van der Waals surface area contributed by atoms with Crippen LogP contribution >= 0.6 is 0 Å². The third-order valence-electron chi connectivity index (χ3n) is 6.56. The second-order valence-corrected chi connectivity index (χ2v) is 8.76. The molecule has 3 heterocycles. The highest BCUT2D eigenvalue weighted by molar-refractivity contribution is 5.86. The molecule has 1 saturated heterocycles. The van der Waals surface area contributed by atoms with Crippen LogP contribution in [0.25, 0.3) is 16.7 Å². The lowest BCUT2D eigenvalue weighted by molar-refractivity contribution is 0.300. The predicted molar refractivity (Wildman–Crippen MR) is 125 cm³/mol. The van der Waals surface area contributed by atoms with Crippen LogP contribution in [0.1, 0.15) is 35.1 Å². The Morgan fingerprint density at radius 2 is 2.00 bits per heavy atom. The molecule has 5 rings (SSSR count). The van der Waals surface area contributed by atoms with E-state index in [0.29, 0.717) is 17.6 Å². The van der Waals surface area contributed by atoms with Gasteiger partial charge in [0.25, 0.3) is 0 Å². The number of aromatic nitrogens is 2. The SMILES string of the molecule is Cc1c(Cc2cccc(F)c2)c(N2CCCC2N(C)C)n2c(nc3ccccc32)c1C#N. The highest BCUT2D eigenvalue weighted by Crippen LogP contribution is 2.38. The number of fused-ring (bicyclic) bond motifs is 3. The molecule has 1 aliphatic heterocycles. The Morgan fingerprint density at radius 3 is 2.75 bits per heavy atom. The lowest BCUT2D eigenvalue weighted by Crippen LogP contribution is -2.42. The third-order valence-corrected chi connectivity index (χ3v) is 6.56. The van der Waals surface area contributed by atoms with Gasteiger partial charge in [0.05, 0.1) is 22.8 Å². The molecule has 0 spiro atoms. The van der Waals surface area contributed by atoms with E-state index in [1.807, 2.05) is 31.2 Å². The lowest BCUT2D eigenvalue weighted by Gasteiger charge is -2.34. The Bertz CT molecular complexity index is 1360. The summed E-state index contributed by atoms with van der Waals surface area (Å²) in [4.78, 5) is 9.53. The smallest absolute Gasteiger partial charge is 0.157 e. The molecule has 0 radical (unpaired) electrons. The number of hydrogen-bond acceptors (Lipinski definition) is 4. The van der Waals surface area contributed by atoms with Gasteiger partial charge in [-0.1, -0.05) is 24.3 Å². The van der Waals surface area contributed by atoms with Crippen LogP contribution in [0.4, 0.5) is 10.2 Å². The summed E-state index contributed by atoms with van der Waals surface area (Å²) in [6, 6.07) is 17.2. The molecular formula is C26H26FN5. The summed E-state index contributed by atoms with van der Waals surface area (Å²) in [6.07, 6.45) is 2.96. The Morgan fingerprint density at radius 1 is 1.19 bits per heavy atom. The van der Waals surface area contributed by atoms with Crippen LogP contribution in [0.3, 0.4) is 0 Å². The topological polar surface area (TPSA) is 47.6 Å². The standard InChI is InChI=1S/C26H26FN5/c1-17-20(15-18-8-6-9-19(27)14-18)26(31-13-7-12-24(31)30(2)3)32-23-11-5-4-10-22(23)29-25(32)21(17)16-28/h4-6,8-11,14,24H,7,12-13,15H2,1-3H3. The van der Waals surface area contributed by atoms with E-state index >= 15 is 0 Å².